The second-order valence-electron chi connectivity index (χ2n) is 15.7. The predicted octanol–water partition coefficient (Wildman–Crippen LogP) is 7.43. The Hall–Kier alpha value is -4.75. The number of amides is 1. The molecule has 5 aliphatic carbocycles. The van der Waals surface area contributed by atoms with Crippen LogP contribution in [0, 0.1) is 29.5 Å². The van der Waals surface area contributed by atoms with Crippen LogP contribution in [0.25, 0.3) is 22.2 Å². The SMILES string of the molecule is O=C(NC1(C(=O)O)C2CCC3CC(C2)CC1C3)c1ccc(-c2cn(C3CC3)c3cc(OC4CCN(c5ncc(F)cn5)CC4)ccc23)nc1C(F)(F)F. The monoisotopic (exact) mass is 732 g/mol. The highest BCUT2D eigenvalue weighted by Gasteiger charge is 2.60. The normalized spacial score (nSPS) is 27.2. The van der Waals surface area contributed by atoms with Crippen molar-refractivity contribution in [1.82, 2.24) is 24.8 Å². The first kappa shape index (κ1) is 34.0. The van der Waals surface area contributed by atoms with Gasteiger partial charge in [-0.25, -0.2) is 24.1 Å². The number of ether oxygens (including phenoxy) is 1. The lowest BCUT2D eigenvalue weighted by atomic mass is 9.58. The van der Waals surface area contributed by atoms with Crippen molar-refractivity contribution in [3.05, 3.63) is 66.0 Å². The molecule has 1 saturated heterocycles. The number of pyridine rings is 1. The summed E-state index contributed by atoms with van der Waals surface area (Å²) in [6.07, 6.45) is 6.91. The van der Waals surface area contributed by atoms with Gasteiger partial charge in [-0.2, -0.15) is 13.2 Å². The molecule has 4 heterocycles. The lowest BCUT2D eigenvalue weighted by molar-refractivity contribution is -0.154. The van der Waals surface area contributed by atoms with Gasteiger partial charge in [-0.1, -0.05) is 6.42 Å². The first-order valence-corrected chi connectivity index (χ1v) is 18.6. The Labute approximate surface area is 303 Å². The average molecular weight is 733 g/mol. The maximum Gasteiger partial charge on any atom is 0.434 e. The molecule has 10 nitrogen and oxygen atoms in total. The largest absolute Gasteiger partial charge is 0.490 e. The Kier molecular flexibility index (Phi) is 8.15. The molecule has 10 rings (SSSR count). The second-order valence-corrected chi connectivity index (χ2v) is 15.7. The number of halogens is 4. The maximum atomic E-state index is 14.8. The van der Waals surface area contributed by atoms with Crippen LogP contribution in [-0.4, -0.2) is 61.2 Å². The topological polar surface area (TPSA) is 122 Å². The van der Waals surface area contributed by atoms with E-state index < -0.39 is 40.7 Å². The van der Waals surface area contributed by atoms with Gasteiger partial charge in [-0.3, -0.25) is 4.79 Å². The second kappa shape index (κ2) is 12.7. The molecule has 4 bridgehead atoms. The van der Waals surface area contributed by atoms with Crippen molar-refractivity contribution in [3.8, 4) is 17.0 Å². The number of rotatable bonds is 8. The number of anilines is 1. The first-order chi connectivity index (χ1) is 25.5. The summed E-state index contributed by atoms with van der Waals surface area (Å²) < 4.78 is 66.0. The molecule has 2 N–H and O–H groups in total. The average Bonchev–Trinajstić information content (AvgIpc) is 3.95. The summed E-state index contributed by atoms with van der Waals surface area (Å²) in [5.74, 6) is -1.46. The number of aromatic nitrogens is 4. The molecule has 4 aromatic rings. The number of carbonyl (C=O) groups is 2. The van der Waals surface area contributed by atoms with Crippen molar-refractivity contribution < 1.29 is 37.0 Å². The summed E-state index contributed by atoms with van der Waals surface area (Å²) >= 11 is 0. The minimum absolute atomic E-state index is 0.0710. The zero-order valence-electron chi connectivity index (χ0n) is 29.0. The minimum Gasteiger partial charge on any atom is -0.490 e. The molecule has 5 unspecified atom stereocenters. The van der Waals surface area contributed by atoms with Gasteiger partial charge in [-0.05, 0) is 92.9 Å². The van der Waals surface area contributed by atoms with E-state index in [-0.39, 0.29) is 29.7 Å². The van der Waals surface area contributed by atoms with Gasteiger partial charge in [0, 0.05) is 55.2 Å². The molecular formula is C39H40F4N6O4. The third-order valence-electron chi connectivity index (χ3n) is 12.5. The number of fused-ring (bicyclic) bond motifs is 2. The van der Waals surface area contributed by atoms with Crippen molar-refractivity contribution in [1.29, 1.82) is 0 Å². The highest BCUT2D eigenvalue weighted by atomic mass is 19.4. The molecule has 6 fully saturated rings. The number of alkyl halides is 3. The number of carbonyl (C=O) groups excluding carboxylic acids is 1. The maximum absolute atomic E-state index is 14.8. The Balaban J connectivity index is 0.990. The quantitative estimate of drug-likeness (QED) is 0.180. The van der Waals surface area contributed by atoms with E-state index in [4.69, 9.17) is 4.74 Å². The fraction of sp³-hybridized carbons (Fsp3) is 0.513. The Morgan fingerprint density at radius 3 is 2.36 bits per heavy atom. The first-order valence-electron chi connectivity index (χ1n) is 18.6. The van der Waals surface area contributed by atoms with Gasteiger partial charge in [0.05, 0.1) is 29.2 Å². The lowest BCUT2D eigenvalue weighted by Gasteiger charge is -2.50. The summed E-state index contributed by atoms with van der Waals surface area (Å²) in [7, 11) is 0. The van der Waals surface area contributed by atoms with Crippen LogP contribution in [0.2, 0.25) is 0 Å². The third-order valence-corrected chi connectivity index (χ3v) is 12.5. The molecule has 0 spiro atoms. The Bertz CT molecular complexity index is 2070. The molecular weight excluding hydrogens is 692 g/mol. The molecule has 14 heteroatoms. The number of aliphatic carboxylic acids is 1. The summed E-state index contributed by atoms with van der Waals surface area (Å²) in [5.41, 5.74) is -2.22. The van der Waals surface area contributed by atoms with E-state index in [9.17, 15) is 32.3 Å². The smallest absolute Gasteiger partial charge is 0.434 e. The molecule has 6 aliphatic rings. The Morgan fingerprint density at radius 1 is 0.906 bits per heavy atom. The molecule has 53 heavy (non-hydrogen) atoms. The van der Waals surface area contributed by atoms with Gasteiger partial charge in [0.2, 0.25) is 5.95 Å². The van der Waals surface area contributed by atoms with Crippen molar-refractivity contribution in [2.24, 2.45) is 23.7 Å². The zero-order valence-corrected chi connectivity index (χ0v) is 29.0. The van der Waals surface area contributed by atoms with Crippen molar-refractivity contribution in [2.45, 2.75) is 88.1 Å². The van der Waals surface area contributed by atoms with Crippen LogP contribution in [0.15, 0.2) is 48.9 Å². The molecule has 278 valence electrons. The van der Waals surface area contributed by atoms with E-state index in [1.54, 1.807) is 0 Å². The standard InChI is InChI=1S/C39H40F4N6O4/c40-25-18-44-37(45-19-25)48-11-9-27(10-12-48)53-28-5-6-29-31(20-49(26-3-4-26)33(29)17-28)32-8-7-30(34(46-32)39(41,42)43)35(50)47-38(36(51)52)23-2-1-21-13-22(15-23)16-24(38)14-21/h5-8,17-24,26-27H,1-4,9-16H2,(H,47,50)(H,51,52). The molecule has 5 atom stereocenters. The van der Waals surface area contributed by atoms with E-state index in [1.807, 2.05) is 29.3 Å². The van der Waals surface area contributed by atoms with E-state index >= 15 is 0 Å². The number of carboxylic acids is 1. The molecule has 5 saturated carbocycles. The van der Waals surface area contributed by atoms with Crippen molar-refractivity contribution in [2.75, 3.05) is 18.0 Å². The Morgan fingerprint density at radius 2 is 1.64 bits per heavy atom. The van der Waals surface area contributed by atoms with Gasteiger partial charge in [0.15, 0.2) is 11.5 Å². The van der Waals surface area contributed by atoms with Crippen LogP contribution in [0.4, 0.5) is 23.5 Å². The summed E-state index contributed by atoms with van der Waals surface area (Å²) in [4.78, 5) is 41.0. The molecule has 1 amide bonds. The number of hydrogen-bond acceptors (Lipinski definition) is 7. The van der Waals surface area contributed by atoms with Gasteiger partial charge in [0.25, 0.3) is 5.91 Å². The number of hydrogen-bond donors (Lipinski definition) is 2. The number of benzene rings is 1. The van der Waals surface area contributed by atoms with Crippen LogP contribution < -0.4 is 15.0 Å². The van der Waals surface area contributed by atoms with E-state index in [2.05, 4.69) is 24.8 Å². The summed E-state index contributed by atoms with van der Waals surface area (Å²) in [6.45, 7) is 1.28. The zero-order chi connectivity index (χ0) is 36.6. The summed E-state index contributed by atoms with van der Waals surface area (Å²) in [5, 5.41) is 14.0. The van der Waals surface area contributed by atoms with Crippen LogP contribution >= 0.6 is 0 Å². The van der Waals surface area contributed by atoms with E-state index in [0.29, 0.717) is 86.1 Å². The number of carboxylic acid groups (broad SMARTS) is 1. The van der Waals surface area contributed by atoms with Crippen molar-refractivity contribution in [3.63, 3.8) is 0 Å². The summed E-state index contributed by atoms with van der Waals surface area (Å²) in [6, 6.07) is 8.32. The molecule has 0 radical (unpaired) electrons. The lowest BCUT2D eigenvalue weighted by Crippen LogP contribution is -2.66. The van der Waals surface area contributed by atoms with E-state index in [1.165, 1.54) is 6.07 Å². The third kappa shape index (κ3) is 6.07. The minimum atomic E-state index is -4.96. The molecule has 1 aromatic carbocycles. The van der Waals surface area contributed by atoms with Gasteiger partial charge in [-0.15, -0.1) is 0 Å². The molecule has 3 aromatic heterocycles. The van der Waals surface area contributed by atoms with Crippen LogP contribution in [0.1, 0.15) is 86.3 Å². The van der Waals surface area contributed by atoms with Gasteiger partial charge < -0.3 is 24.6 Å². The fourth-order valence-electron chi connectivity index (χ4n) is 9.94. The highest BCUT2D eigenvalue weighted by Crippen LogP contribution is 2.56. The predicted molar refractivity (Wildman–Crippen MR) is 186 cm³/mol. The van der Waals surface area contributed by atoms with Crippen LogP contribution in [0.3, 0.4) is 0 Å². The van der Waals surface area contributed by atoms with Crippen molar-refractivity contribution >= 4 is 28.7 Å². The number of nitrogens with one attached hydrogen (secondary N) is 1. The van der Waals surface area contributed by atoms with Gasteiger partial charge >= 0.3 is 12.1 Å². The number of piperidine rings is 1. The molecule has 1 aliphatic heterocycles. The van der Waals surface area contributed by atoms with E-state index in [0.717, 1.165) is 49.7 Å². The van der Waals surface area contributed by atoms with Crippen LogP contribution in [0.5, 0.6) is 5.75 Å². The highest BCUT2D eigenvalue weighted by molar-refractivity contribution is 6.00. The number of nitrogens with zero attached hydrogens (tertiary/aromatic N) is 5. The fourth-order valence-corrected chi connectivity index (χ4v) is 9.94. The van der Waals surface area contributed by atoms with Crippen LogP contribution in [-0.2, 0) is 11.0 Å². The van der Waals surface area contributed by atoms with Gasteiger partial charge in [0.1, 0.15) is 17.4 Å².